The maximum atomic E-state index is 13.6. The predicted octanol–water partition coefficient (Wildman–Crippen LogP) is 2.58. The van der Waals surface area contributed by atoms with Crippen molar-refractivity contribution in [1.29, 1.82) is 0 Å². The molecule has 0 spiro atoms. The van der Waals surface area contributed by atoms with Crippen molar-refractivity contribution < 1.29 is 14.7 Å². The molecule has 2 fully saturated rings. The molecule has 3 atom stereocenters. The third-order valence-corrected chi connectivity index (χ3v) is 6.46. The van der Waals surface area contributed by atoms with Crippen LogP contribution in [-0.2, 0) is 4.79 Å². The van der Waals surface area contributed by atoms with Gasteiger partial charge in [0.15, 0.2) is 5.78 Å². The van der Waals surface area contributed by atoms with E-state index in [2.05, 4.69) is 11.8 Å². The number of amides is 1. The molecule has 1 N–H and O–H groups in total. The monoisotopic (exact) mass is 342 g/mol. The Morgan fingerprint density at radius 2 is 2.00 bits per heavy atom. The van der Waals surface area contributed by atoms with Crippen molar-refractivity contribution in [1.82, 2.24) is 4.90 Å². The lowest BCUT2D eigenvalue weighted by atomic mass is 9.63. The number of fused-ring (bicyclic) bond motifs is 3. The minimum absolute atomic E-state index is 0.0411. The lowest BCUT2D eigenvalue weighted by molar-refractivity contribution is -0.152. The van der Waals surface area contributed by atoms with Crippen LogP contribution in [0.25, 0.3) is 0 Å². The van der Waals surface area contributed by atoms with Gasteiger partial charge >= 0.3 is 0 Å². The second kappa shape index (κ2) is 5.64. The van der Waals surface area contributed by atoms with Gasteiger partial charge in [-0.2, -0.15) is 0 Å². The van der Waals surface area contributed by atoms with Crippen molar-refractivity contribution in [3.8, 4) is 0 Å². The van der Waals surface area contributed by atoms with Crippen LogP contribution in [0, 0.1) is 5.41 Å². The molecule has 2 bridgehead atoms. The molecule has 1 aromatic carbocycles. The minimum Gasteiger partial charge on any atom is -0.371 e. The number of para-hydroxylation sites is 1. The van der Waals surface area contributed by atoms with Crippen LogP contribution in [0.4, 0.5) is 5.69 Å². The highest BCUT2D eigenvalue weighted by atomic mass is 16.3. The first-order valence-electron chi connectivity index (χ1n) is 9.32. The molecule has 0 aliphatic carbocycles. The molecule has 5 heteroatoms. The molecule has 25 heavy (non-hydrogen) atoms. The highest BCUT2D eigenvalue weighted by Crippen LogP contribution is 2.51. The largest absolute Gasteiger partial charge is 0.371 e. The molecule has 134 valence electrons. The zero-order chi connectivity index (χ0) is 17.8. The Morgan fingerprint density at radius 1 is 1.24 bits per heavy atom. The van der Waals surface area contributed by atoms with E-state index in [1.165, 1.54) is 4.90 Å². The highest BCUT2D eigenvalue weighted by Gasteiger charge is 2.59. The van der Waals surface area contributed by atoms with Crippen LogP contribution in [0.5, 0.6) is 0 Å². The average molecular weight is 342 g/mol. The number of ketones is 1. The Labute approximate surface area is 148 Å². The summed E-state index contributed by atoms with van der Waals surface area (Å²) >= 11 is 0. The van der Waals surface area contributed by atoms with Gasteiger partial charge in [-0.05, 0) is 50.3 Å². The number of benzene rings is 1. The summed E-state index contributed by atoms with van der Waals surface area (Å²) in [6.07, 6.45) is 3.78. The topological polar surface area (TPSA) is 60.9 Å². The fraction of sp³-hybridized carbons (Fsp3) is 0.600. The Kier molecular flexibility index (Phi) is 3.78. The molecule has 3 aliphatic rings. The van der Waals surface area contributed by atoms with Gasteiger partial charge in [-0.3, -0.25) is 19.4 Å². The Hall–Kier alpha value is -1.72. The summed E-state index contributed by atoms with van der Waals surface area (Å²) < 4.78 is 0. The van der Waals surface area contributed by atoms with Crippen molar-refractivity contribution in [2.45, 2.75) is 57.7 Å². The third-order valence-electron chi connectivity index (χ3n) is 6.46. The standard InChI is InChI=1S/C20H26N2O3/c1-3-20-10-6-11-21-12-9-16(23)14-7-4-5-8-15(14)22(18(24)17(20)21)19(2,25)13-20/h4-5,7-8,17,25H,3,6,9-13H2,1-2H3. The van der Waals surface area contributed by atoms with Gasteiger partial charge in [0.25, 0.3) is 0 Å². The summed E-state index contributed by atoms with van der Waals surface area (Å²) in [7, 11) is 0. The average Bonchev–Trinajstić information content (AvgIpc) is 2.62. The van der Waals surface area contributed by atoms with Gasteiger partial charge in [-0.25, -0.2) is 0 Å². The molecule has 0 radical (unpaired) electrons. The number of piperidine rings is 2. The molecular weight excluding hydrogens is 316 g/mol. The van der Waals surface area contributed by atoms with E-state index in [9.17, 15) is 14.7 Å². The van der Waals surface area contributed by atoms with E-state index in [-0.39, 0.29) is 23.1 Å². The van der Waals surface area contributed by atoms with Crippen LogP contribution in [0.3, 0.4) is 0 Å². The lowest BCUT2D eigenvalue weighted by Gasteiger charge is -2.58. The number of hydrogen-bond donors (Lipinski definition) is 1. The maximum absolute atomic E-state index is 13.6. The van der Waals surface area contributed by atoms with Gasteiger partial charge in [-0.1, -0.05) is 19.1 Å². The highest BCUT2D eigenvalue weighted by molar-refractivity contribution is 6.08. The van der Waals surface area contributed by atoms with Gasteiger partial charge < -0.3 is 5.11 Å². The van der Waals surface area contributed by atoms with E-state index < -0.39 is 5.72 Å². The van der Waals surface area contributed by atoms with Crippen molar-refractivity contribution in [2.24, 2.45) is 5.41 Å². The van der Waals surface area contributed by atoms with E-state index in [1.54, 1.807) is 19.1 Å². The van der Waals surface area contributed by atoms with E-state index in [0.29, 0.717) is 30.6 Å². The maximum Gasteiger partial charge on any atom is 0.247 e. The van der Waals surface area contributed by atoms with Crippen LogP contribution >= 0.6 is 0 Å². The Bertz CT molecular complexity index is 729. The van der Waals surface area contributed by atoms with Gasteiger partial charge in [0.1, 0.15) is 5.72 Å². The fourth-order valence-corrected chi connectivity index (χ4v) is 5.39. The van der Waals surface area contributed by atoms with Crippen LogP contribution in [0.2, 0.25) is 0 Å². The second-order valence-corrected chi connectivity index (χ2v) is 8.02. The van der Waals surface area contributed by atoms with E-state index in [4.69, 9.17) is 0 Å². The Morgan fingerprint density at radius 3 is 2.76 bits per heavy atom. The van der Waals surface area contributed by atoms with Crippen molar-refractivity contribution in [2.75, 3.05) is 18.0 Å². The zero-order valence-corrected chi connectivity index (χ0v) is 15.0. The molecule has 1 amide bonds. The summed E-state index contributed by atoms with van der Waals surface area (Å²) in [6.45, 7) is 5.30. The number of rotatable bonds is 1. The van der Waals surface area contributed by atoms with Crippen LogP contribution in [0.1, 0.15) is 56.3 Å². The quantitative estimate of drug-likeness (QED) is 0.852. The number of carbonyl (C=O) groups is 2. The minimum atomic E-state index is -1.28. The molecular formula is C20H26N2O3. The molecule has 5 nitrogen and oxygen atoms in total. The van der Waals surface area contributed by atoms with Gasteiger partial charge in [0.2, 0.25) is 5.91 Å². The first-order chi connectivity index (χ1) is 11.9. The molecule has 3 aliphatic heterocycles. The fourth-order valence-electron chi connectivity index (χ4n) is 5.39. The van der Waals surface area contributed by atoms with Crippen molar-refractivity contribution in [3.63, 3.8) is 0 Å². The molecule has 2 saturated heterocycles. The number of hydrogen-bond acceptors (Lipinski definition) is 4. The normalized spacial score (nSPS) is 35.6. The Balaban J connectivity index is 1.93. The number of carbonyl (C=O) groups excluding carboxylic acids is 2. The molecule has 3 heterocycles. The zero-order valence-electron chi connectivity index (χ0n) is 15.0. The first-order valence-corrected chi connectivity index (χ1v) is 9.32. The van der Waals surface area contributed by atoms with E-state index in [0.717, 1.165) is 25.8 Å². The predicted molar refractivity (Wildman–Crippen MR) is 95.4 cm³/mol. The molecule has 0 aromatic heterocycles. The molecule has 4 rings (SSSR count). The molecule has 3 unspecified atom stereocenters. The smallest absolute Gasteiger partial charge is 0.247 e. The van der Waals surface area contributed by atoms with Crippen molar-refractivity contribution in [3.05, 3.63) is 29.8 Å². The number of Topliss-reactive ketones (excluding diaryl/α,β-unsaturated/α-hetero) is 1. The summed E-state index contributed by atoms with van der Waals surface area (Å²) in [5, 5.41) is 11.3. The third kappa shape index (κ3) is 2.36. The van der Waals surface area contributed by atoms with Gasteiger partial charge in [0, 0.05) is 24.9 Å². The number of anilines is 1. The van der Waals surface area contributed by atoms with E-state index >= 15 is 0 Å². The lowest BCUT2D eigenvalue weighted by Crippen LogP contribution is -2.70. The van der Waals surface area contributed by atoms with Gasteiger partial charge in [-0.15, -0.1) is 0 Å². The summed E-state index contributed by atoms with van der Waals surface area (Å²) in [4.78, 5) is 30.1. The second-order valence-electron chi connectivity index (χ2n) is 8.02. The number of nitrogens with zero attached hydrogens (tertiary/aromatic N) is 2. The van der Waals surface area contributed by atoms with Crippen LogP contribution in [-0.4, -0.2) is 46.6 Å². The van der Waals surface area contributed by atoms with Crippen LogP contribution in [0.15, 0.2) is 24.3 Å². The number of aliphatic hydroxyl groups is 1. The summed E-state index contributed by atoms with van der Waals surface area (Å²) in [5.41, 5.74) is -0.398. The summed E-state index contributed by atoms with van der Waals surface area (Å²) in [5.74, 6) is -0.0145. The van der Waals surface area contributed by atoms with E-state index in [1.807, 2.05) is 12.1 Å². The SMILES string of the molecule is CCC12CCCN3CCC(=O)c4ccccc4N(C(=O)C31)C(C)(O)C2. The summed E-state index contributed by atoms with van der Waals surface area (Å²) in [6, 6.07) is 6.96. The molecule has 0 saturated carbocycles. The molecule has 1 aromatic rings. The first kappa shape index (κ1) is 16.7. The van der Waals surface area contributed by atoms with Gasteiger partial charge in [0.05, 0.1) is 11.7 Å². The van der Waals surface area contributed by atoms with Crippen molar-refractivity contribution >= 4 is 17.4 Å². The van der Waals surface area contributed by atoms with Crippen LogP contribution < -0.4 is 4.90 Å².